The molecule has 0 saturated carbocycles. The first-order valence-corrected chi connectivity index (χ1v) is 7.02. The van der Waals surface area contributed by atoms with Gasteiger partial charge in [-0.1, -0.05) is 25.1 Å². The number of hydrogen-bond donors (Lipinski definition) is 1. The van der Waals surface area contributed by atoms with E-state index in [1.807, 2.05) is 24.3 Å². The molecule has 1 saturated heterocycles. The van der Waals surface area contributed by atoms with E-state index >= 15 is 0 Å². The van der Waals surface area contributed by atoms with Crippen LogP contribution < -0.4 is 0 Å². The normalized spacial score (nSPS) is 19.7. The summed E-state index contributed by atoms with van der Waals surface area (Å²) in [5, 5.41) is 12.1. The van der Waals surface area contributed by atoms with Crippen LogP contribution in [0.15, 0.2) is 36.5 Å². The van der Waals surface area contributed by atoms with Crippen molar-refractivity contribution < 1.29 is 5.11 Å². The molecule has 3 heteroatoms. The molecule has 0 atom stereocenters. The molecule has 1 aromatic heterocycles. The Morgan fingerprint density at radius 1 is 1.21 bits per heavy atom. The van der Waals surface area contributed by atoms with Gasteiger partial charge in [0.15, 0.2) is 0 Å². The van der Waals surface area contributed by atoms with Crippen LogP contribution in [0.1, 0.15) is 25.3 Å². The van der Waals surface area contributed by atoms with E-state index in [4.69, 9.17) is 0 Å². The Hall–Kier alpha value is -1.45. The van der Waals surface area contributed by atoms with Gasteiger partial charge < -0.3 is 10.0 Å². The van der Waals surface area contributed by atoms with Gasteiger partial charge in [0.2, 0.25) is 0 Å². The zero-order valence-electron chi connectivity index (χ0n) is 11.3. The van der Waals surface area contributed by atoms with Gasteiger partial charge in [0.05, 0.1) is 11.1 Å². The lowest BCUT2D eigenvalue weighted by molar-refractivity contribution is -0.0235. The Morgan fingerprint density at radius 2 is 2.00 bits per heavy atom. The van der Waals surface area contributed by atoms with E-state index in [0.717, 1.165) is 48.9 Å². The molecule has 0 spiro atoms. The largest absolute Gasteiger partial charge is 0.385 e. The van der Waals surface area contributed by atoms with E-state index in [9.17, 15) is 5.11 Å². The smallest absolute Gasteiger partial charge is 0.0927 e. The lowest BCUT2D eigenvalue weighted by Crippen LogP contribution is -2.42. The first-order chi connectivity index (χ1) is 9.23. The first kappa shape index (κ1) is 12.6. The Bertz CT molecular complexity index is 568. The van der Waals surface area contributed by atoms with Crippen molar-refractivity contribution in [2.24, 2.45) is 0 Å². The molecule has 0 aliphatic carbocycles. The Morgan fingerprint density at radius 3 is 2.74 bits per heavy atom. The minimum absolute atomic E-state index is 0.700. The van der Waals surface area contributed by atoms with Crippen LogP contribution in [0.2, 0.25) is 0 Å². The number of nitrogens with zero attached hydrogens (tertiary/aromatic N) is 2. The summed E-state index contributed by atoms with van der Waals surface area (Å²) in [5.41, 5.74) is 1.30. The number of aromatic nitrogens is 1. The molecule has 0 amide bonds. The molecule has 0 bridgehead atoms. The topological polar surface area (TPSA) is 36.4 Å². The lowest BCUT2D eigenvalue weighted by Gasteiger charge is -2.38. The molecule has 100 valence electrons. The maximum atomic E-state index is 11.0. The van der Waals surface area contributed by atoms with Gasteiger partial charge in [-0.25, -0.2) is 0 Å². The third kappa shape index (κ3) is 2.24. The van der Waals surface area contributed by atoms with Crippen molar-refractivity contribution in [2.75, 3.05) is 19.6 Å². The summed E-state index contributed by atoms with van der Waals surface area (Å²) < 4.78 is 0. The van der Waals surface area contributed by atoms with Crippen LogP contribution in [0.25, 0.3) is 10.9 Å². The maximum Gasteiger partial charge on any atom is 0.0927 e. The van der Waals surface area contributed by atoms with Crippen molar-refractivity contribution >= 4 is 10.9 Å². The molecule has 2 heterocycles. The van der Waals surface area contributed by atoms with E-state index in [1.54, 1.807) is 6.20 Å². The third-order valence-corrected chi connectivity index (χ3v) is 4.28. The van der Waals surface area contributed by atoms with Crippen molar-refractivity contribution in [3.8, 4) is 0 Å². The molecule has 0 unspecified atom stereocenters. The summed E-state index contributed by atoms with van der Waals surface area (Å²) >= 11 is 0. The highest BCUT2D eigenvalue weighted by Gasteiger charge is 2.34. The standard InChI is InChI=1S/C16H20N2O/c1-2-18-11-8-16(19,9-12-18)14-6-3-7-15-13(14)5-4-10-17-15/h3-7,10,19H,2,8-9,11-12H2,1H3. The number of piperidine rings is 1. The second-order valence-corrected chi connectivity index (χ2v) is 5.34. The van der Waals surface area contributed by atoms with Crippen molar-refractivity contribution in [1.29, 1.82) is 0 Å². The van der Waals surface area contributed by atoms with E-state index in [0.29, 0.717) is 0 Å². The zero-order valence-corrected chi connectivity index (χ0v) is 11.3. The van der Waals surface area contributed by atoms with E-state index in [-0.39, 0.29) is 0 Å². The molecule has 0 radical (unpaired) electrons. The summed E-state index contributed by atoms with van der Waals surface area (Å²) in [5.74, 6) is 0. The zero-order chi connectivity index (χ0) is 13.3. The number of aliphatic hydroxyl groups is 1. The summed E-state index contributed by atoms with van der Waals surface area (Å²) in [6, 6.07) is 10.0. The van der Waals surface area contributed by atoms with Crippen LogP contribution in [0.5, 0.6) is 0 Å². The average molecular weight is 256 g/mol. The fraction of sp³-hybridized carbons (Fsp3) is 0.438. The predicted molar refractivity (Wildman–Crippen MR) is 77.0 cm³/mol. The van der Waals surface area contributed by atoms with E-state index < -0.39 is 5.60 Å². The Balaban J connectivity index is 2.00. The van der Waals surface area contributed by atoms with Crippen molar-refractivity contribution in [3.63, 3.8) is 0 Å². The number of hydrogen-bond acceptors (Lipinski definition) is 3. The lowest BCUT2D eigenvalue weighted by atomic mass is 9.82. The van der Waals surface area contributed by atoms with Crippen LogP contribution in [-0.4, -0.2) is 34.6 Å². The second-order valence-electron chi connectivity index (χ2n) is 5.34. The molecule has 1 N–H and O–H groups in total. The average Bonchev–Trinajstić information content (AvgIpc) is 2.47. The van der Waals surface area contributed by atoms with Crippen LogP contribution in [-0.2, 0) is 5.60 Å². The number of rotatable bonds is 2. The molecular weight excluding hydrogens is 236 g/mol. The van der Waals surface area contributed by atoms with E-state index in [1.165, 1.54) is 0 Å². The number of likely N-dealkylation sites (tertiary alicyclic amines) is 1. The SMILES string of the molecule is CCN1CCC(O)(c2cccc3ncccc23)CC1. The van der Waals surface area contributed by atoms with Gasteiger partial charge in [-0.15, -0.1) is 0 Å². The van der Waals surface area contributed by atoms with Crippen LogP contribution in [0.3, 0.4) is 0 Å². The summed E-state index contributed by atoms with van der Waals surface area (Å²) in [4.78, 5) is 6.76. The van der Waals surface area contributed by atoms with Crippen LogP contribution in [0.4, 0.5) is 0 Å². The summed E-state index contributed by atoms with van der Waals surface area (Å²) in [6.45, 7) is 5.16. The minimum Gasteiger partial charge on any atom is -0.385 e. The predicted octanol–water partition coefficient (Wildman–Crippen LogP) is 2.54. The Kier molecular flexibility index (Phi) is 3.25. The van der Waals surface area contributed by atoms with Gasteiger partial charge in [0.25, 0.3) is 0 Å². The molecular formula is C16H20N2O. The Labute approximate surface area is 113 Å². The van der Waals surface area contributed by atoms with Crippen molar-refractivity contribution in [2.45, 2.75) is 25.4 Å². The van der Waals surface area contributed by atoms with Gasteiger partial charge in [0, 0.05) is 24.7 Å². The van der Waals surface area contributed by atoms with Crippen LogP contribution >= 0.6 is 0 Å². The number of benzene rings is 1. The molecule has 1 aliphatic rings. The second kappa shape index (κ2) is 4.91. The fourth-order valence-electron chi connectivity index (χ4n) is 3.02. The summed E-state index contributed by atoms with van der Waals surface area (Å²) in [7, 11) is 0. The van der Waals surface area contributed by atoms with Crippen molar-refractivity contribution in [3.05, 3.63) is 42.1 Å². The maximum absolute atomic E-state index is 11.0. The van der Waals surface area contributed by atoms with Gasteiger partial charge in [-0.2, -0.15) is 0 Å². The monoisotopic (exact) mass is 256 g/mol. The number of pyridine rings is 1. The third-order valence-electron chi connectivity index (χ3n) is 4.28. The highest BCUT2D eigenvalue weighted by molar-refractivity contribution is 5.82. The quantitative estimate of drug-likeness (QED) is 0.897. The fourth-order valence-corrected chi connectivity index (χ4v) is 3.02. The molecule has 3 rings (SSSR count). The molecule has 1 aliphatic heterocycles. The highest BCUT2D eigenvalue weighted by atomic mass is 16.3. The minimum atomic E-state index is -0.700. The van der Waals surface area contributed by atoms with Crippen LogP contribution in [0, 0.1) is 0 Å². The van der Waals surface area contributed by atoms with Gasteiger partial charge in [0.1, 0.15) is 0 Å². The van der Waals surface area contributed by atoms with E-state index in [2.05, 4.69) is 22.9 Å². The molecule has 2 aromatic rings. The van der Waals surface area contributed by atoms with Gasteiger partial charge in [-0.05, 0) is 37.1 Å². The first-order valence-electron chi connectivity index (χ1n) is 7.02. The van der Waals surface area contributed by atoms with Gasteiger partial charge in [-0.3, -0.25) is 4.98 Å². The summed E-state index contributed by atoms with van der Waals surface area (Å²) in [6.07, 6.45) is 3.40. The highest BCUT2D eigenvalue weighted by Crippen LogP contribution is 2.36. The molecule has 3 nitrogen and oxygen atoms in total. The molecule has 19 heavy (non-hydrogen) atoms. The number of fused-ring (bicyclic) bond motifs is 1. The molecule has 1 aromatic carbocycles. The molecule has 1 fully saturated rings. The van der Waals surface area contributed by atoms with Crippen molar-refractivity contribution in [1.82, 2.24) is 9.88 Å². The van der Waals surface area contributed by atoms with Gasteiger partial charge >= 0.3 is 0 Å².